The van der Waals surface area contributed by atoms with E-state index in [9.17, 15) is 25.3 Å². The fourth-order valence-electron chi connectivity index (χ4n) is 2.37. The lowest BCUT2D eigenvalue weighted by Crippen LogP contribution is -2.27. The Morgan fingerprint density at radius 2 is 2.16 bits per heavy atom. The van der Waals surface area contributed by atoms with Crippen LogP contribution in [0.1, 0.15) is 25.8 Å². The standard InChI is InChI=1S/C20H23N5O6/c1-4-8-23-14(6-7-21)12-24-20(27)15(11-22)18(26)13-9-16(25(28)29)19(31-5-2)17(10-13)30-3/h6-10,21,26H,4-5,12H2,1-3H3,(H,24,27)/b14-6-,18-15-,21-7?,23-8-. The first kappa shape index (κ1) is 24.8. The number of aliphatic hydroxyl groups is 1. The number of nitro benzene ring substituents is 1. The number of nitrogens with one attached hydrogen (secondary N) is 2. The maximum Gasteiger partial charge on any atom is 0.315 e. The first-order chi connectivity index (χ1) is 14.8. The third kappa shape index (κ3) is 6.67. The minimum Gasteiger partial charge on any atom is -0.506 e. The molecule has 0 aliphatic rings. The van der Waals surface area contributed by atoms with E-state index >= 15 is 0 Å². The highest BCUT2D eigenvalue weighted by atomic mass is 16.6. The Morgan fingerprint density at radius 3 is 2.68 bits per heavy atom. The number of hydrogen-bond donors (Lipinski definition) is 3. The second kappa shape index (κ2) is 12.4. The van der Waals surface area contributed by atoms with E-state index in [2.05, 4.69) is 10.3 Å². The molecule has 0 aliphatic carbocycles. The van der Waals surface area contributed by atoms with Gasteiger partial charge in [-0.3, -0.25) is 19.9 Å². The zero-order valence-electron chi connectivity index (χ0n) is 17.3. The van der Waals surface area contributed by atoms with Crippen molar-refractivity contribution in [2.45, 2.75) is 20.3 Å². The lowest BCUT2D eigenvalue weighted by atomic mass is 10.1. The zero-order valence-corrected chi connectivity index (χ0v) is 17.3. The van der Waals surface area contributed by atoms with Crippen LogP contribution in [0.2, 0.25) is 0 Å². The number of hydrogen-bond acceptors (Lipinski definition) is 9. The van der Waals surface area contributed by atoms with Crippen LogP contribution in [0.3, 0.4) is 0 Å². The quantitative estimate of drug-likeness (QED) is 0.121. The molecule has 11 heteroatoms. The van der Waals surface area contributed by atoms with Gasteiger partial charge in [-0.05, 0) is 25.5 Å². The summed E-state index contributed by atoms with van der Waals surface area (Å²) in [7, 11) is 1.26. The summed E-state index contributed by atoms with van der Waals surface area (Å²) in [6.07, 6.45) is 4.60. The van der Waals surface area contributed by atoms with Gasteiger partial charge in [0.05, 0.1) is 30.9 Å². The van der Waals surface area contributed by atoms with E-state index in [1.165, 1.54) is 19.3 Å². The molecule has 0 saturated heterocycles. The van der Waals surface area contributed by atoms with Crippen molar-refractivity contribution in [1.82, 2.24) is 5.32 Å². The highest BCUT2D eigenvalue weighted by Gasteiger charge is 2.25. The number of benzene rings is 1. The minimum absolute atomic E-state index is 0.0413. The number of nitriles is 1. The van der Waals surface area contributed by atoms with Crippen molar-refractivity contribution < 1.29 is 24.3 Å². The molecule has 164 valence electrons. The molecule has 0 spiro atoms. The maximum atomic E-state index is 12.4. The Morgan fingerprint density at radius 1 is 1.45 bits per heavy atom. The van der Waals surface area contributed by atoms with E-state index in [1.54, 1.807) is 19.2 Å². The van der Waals surface area contributed by atoms with Crippen LogP contribution in [-0.2, 0) is 4.79 Å². The van der Waals surface area contributed by atoms with E-state index in [1.807, 2.05) is 6.92 Å². The van der Waals surface area contributed by atoms with Crippen molar-refractivity contribution in [2.75, 3.05) is 20.3 Å². The number of methoxy groups -OCH3 is 1. The van der Waals surface area contributed by atoms with E-state index in [-0.39, 0.29) is 30.2 Å². The number of amides is 1. The van der Waals surface area contributed by atoms with Gasteiger partial charge in [0, 0.05) is 24.1 Å². The molecule has 1 aromatic carbocycles. The summed E-state index contributed by atoms with van der Waals surface area (Å²) in [6.45, 7) is 3.54. The average Bonchev–Trinajstić information content (AvgIpc) is 2.76. The number of aliphatic hydroxyl groups excluding tert-OH is 1. The number of carbonyl (C=O) groups is 1. The molecule has 1 rings (SSSR count). The van der Waals surface area contributed by atoms with Crippen LogP contribution >= 0.6 is 0 Å². The van der Waals surface area contributed by atoms with E-state index in [0.29, 0.717) is 12.1 Å². The predicted octanol–water partition coefficient (Wildman–Crippen LogP) is 2.93. The number of nitrogens with zero attached hydrogens (tertiary/aromatic N) is 3. The van der Waals surface area contributed by atoms with Crippen LogP contribution in [0.4, 0.5) is 5.69 Å². The van der Waals surface area contributed by atoms with Gasteiger partial charge in [0.15, 0.2) is 11.3 Å². The molecule has 0 bridgehead atoms. The molecule has 0 saturated carbocycles. The molecular weight excluding hydrogens is 406 g/mol. The largest absolute Gasteiger partial charge is 0.506 e. The van der Waals surface area contributed by atoms with Crippen LogP contribution in [0, 0.1) is 26.9 Å². The third-order valence-electron chi connectivity index (χ3n) is 3.74. The van der Waals surface area contributed by atoms with Crippen molar-refractivity contribution >= 4 is 29.8 Å². The van der Waals surface area contributed by atoms with Gasteiger partial charge in [-0.2, -0.15) is 5.26 Å². The summed E-state index contributed by atoms with van der Waals surface area (Å²) in [6, 6.07) is 3.81. The van der Waals surface area contributed by atoms with Gasteiger partial charge in [0.1, 0.15) is 11.8 Å². The molecule has 0 heterocycles. The topological polar surface area (TPSA) is 171 Å². The summed E-state index contributed by atoms with van der Waals surface area (Å²) in [5.74, 6) is -1.86. The lowest BCUT2D eigenvalue weighted by Gasteiger charge is -2.12. The molecule has 0 radical (unpaired) electrons. The number of ether oxygens (including phenoxy) is 2. The monoisotopic (exact) mass is 429 g/mol. The van der Waals surface area contributed by atoms with E-state index in [4.69, 9.17) is 14.9 Å². The average molecular weight is 429 g/mol. The lowest BCUT2D eigenvalue weighted by molar-refractivity contribution is -0.386. The van der Waals surface area contributed by atoms with Gasteiger partial charge in [0.2, 0.25) is 5.75 Å². The van der Waals surface area contributed by atoms with Crippen molar-refractivity contribution in [3.8, 4) is 17.6 Å². The number of allylic oxidation sites excluding steroid dienone is 1. The highest BCUT2D eigenvalue weighted by molar-refractivity contribution is 6.03. The Balaban J connectivity index is 3.36. The molecule has 0 fully saturated rings. The molecule has 1 amide bonds. The molecule has 3 N–H and O–H groups in total. The van der Waals surface area contributed by atoms with Gasteiger partial charge < -0.3 is 25.3 Å². The van der Waals surface area contributed by atoms with Crippen molar-refractivity contribution in [3.05, 3.63) is 45.2 Å². The summed E-state index contributed by atoms with van der Waals surface area (Å²) in [5.41, 5.74) is -0.960. The molecule has 0 atom stereocenters. The maximum absolute atomic E-state index is 12.4. The SMILES string of the molecule is CC/C=N\C(=C/C=N)CNC(=O)/C(C#N)=C(\O)c1cc(OC)c(OCC)c([N+](=O)[O-])c1. The van der Waals surface area contributed by atoms with E-state index in [0.717, 1.165) is 12.3 Å². The number of rotatable bonds is 11. The highest BCUT2D eigenvalue weighted by Crippen LogP contribution is 2.40. The molecule has 1 aromatic rings. The fraction of sp³-hybridized carbons (Fsp3) is 0.300. The van der Waals surface area contributed by atoms with Gasteiger partial charge in [-0.25, -0.2) is 0 Å². The second-order valence-electron chi connectivity index (χ2n) is 5.78. The Labute approximate surface area is 179 Å². The van der Waals surface area contributed by atoms with Gasteiger partial charge in [-0.15, -0.1) is 0 Å². The first-order valence-corrected chi connectivity index (χ1v) is 9.17. The van der Waals surface area contributed by atoms with E-state index < -0.39 is 27.9 Å². The van der Waals surface area contributed by atoms with Crippen molar-refractivity contribution in [3.63, 3.8) is 0 Å². The summed E-state index contributed by atoms with van der Waals surface area (Å²) < 4.78 is 10.4. The fourth-order valence-corrected chi connectivity index (χ4v) is 2.37. The van der Waals surface area contributed by atoms with Crippen LogP contribution in [0.25, 0.3) is 5.76 Å². The Hall–Kier alpha value is -4.20. The predicted molar refractivity (Wildman–Crippen MR) is 115 cm³/mol. The Kier molecular flexibility index (Phi) is 9.92. The number of nitro groups is 1. The van der Waals surface area contributed by atoms with Crippen LogP contribution in [0.5, 0.6) is 11.5 Å². The van der Waals surface area contributed by atoms with Crippen molar-refractivity contribution in [2.24, 2.45) is 4.99 Å². The van der Waals surface area contributed by atoms with Crippen LogP contribution < -0.4 is 14.8 Å². The molecule has 0 aliphatic heterocycles. The number of carbonyl (C=O) groups excluding carboxylic acids is 1. The van der Waals surface area contributed by atoms with Crippen LogP contribution in [0.15, 0.2) is 34.5 Å². The summed E-state index contributed by atoms with van der Waals surface area (Å²) in [5, 5.41) is 40.9. The van der Waals surface area contributed by atoms with Gasteiger partial charge >= 0.3 is 5.69 Å². The molecule has 31 heavy (non-hydrogen) atoms. The second-order valence-corrected chi connectivity index (χ2v) is 5.78. The molecule has 11 nitrogen and oxygen atoms in total. The molecule has 0 aromatic heterocycles. The smallest absolute Gasteiger partial charge is 0.315 e. The zero-order chi connectivity index (χ0) is 23.4. The van der Waals surface area contributed by atoms with Crippen molar-refractivity contribution in [1.29, 1.82) is 10.7 Å². The van der Waals surface area contributed by atoms with Gasteiger partial charge in [-0.1, -0.05) is 6.92 Å². The summed E-state index contributed by atoms with van der Waals surface area (Å²) in [4.78, 5) is 27.2. The first-order valence-electron chi connectivity index (χ1n) is 9.17. The van der Waals surface area contributed by atoms with Gasteiger partial charge in [0.25, 0.3) is 5.91 Å². The summed E-state index contributed by atoms with van der Waals surface area (Å²) >= 11 is 0. The minimum atomic E-state index is -0.918. The number of aliphatic imine (C=N–C) groups is 1. The Bertz CT molecular complexity index is 975. The normalized spacial score (nSPS) is 12.0. The molecular formula is C20H23N5O6. The third-order valence-corrected chi connectivity index (χ3v) is 3.74. The molecule has 0 unspecified atom stereocenters. The van der Waals surface area contributed by atoms with Crippen LogP contribution in [-0.4, -0.2) is 48.6 Å².